The van der Waals surface area contributed by atoms with Crippen LogP contribution >= 0.6 is 0 Å². The lowest BCUT2D eigenvalue weighted by molar-refractivity contribution is -0.0458. The monoisotopic (exact) mass is 274 g/mol. The third-order valence-electron chi connectivity index (χ3n) is 4.47. The van der Waals surface area contributed by atoms with Crippen molar-refractivity contribution in [3.05, 3.63) is 23.3 Å². The van der Waals surface area contributed by atoms with E-state index in [1.165, 1.54) is 12.8 Å². The lowest BCUT2D eigenvalue weighted by Crippen LogP contribution is -2.29. The van der Waals surface area contributed by atoms with Gasteiger partial charge in [0.25, 0.3) is 0 Å². The van der Waals surface area contributed by atoms with E-state index in [2.05, 4.69) is 4.98 Å². The maximum absolute atomic E-state index is 12.0. The van der Waals surface area contributed by atoms with Gasteiger partial charge in [-0.15, -0.1) is 0 Å². The highest BCUT2D eigenvalue weighted by Gasteiger charge is 2.39. The van der Waals surface area contributed by atoms with Crippen molar-refractivity contribution >= 4 is 5.78 Å². The zero-order valence-electron chi connectivity index (χ0n) is 12.2. The molecule has 20 heavy (non-hydrogen) atoms. The molecule has 1 aromatic rings. The molecule has 0 atom stereocenters. The van der Waals surface area contributed by atoms with Crippen LogP contribution < -0.4 is 0 Å². The minimum absolute atomic E-state index is 0.195. The fourth-order valence-corrected chi connectivity index (χ4v) is 3.43. The summed E-state index contributed by atoms with van der Waals surface area (Å²) in [6.07, 6.45) is 9.58. The average Bonchev–Trinajstić information content (AvgIpc) is 2.85. The normalized spacial score (nSPS) is 21.6. The molecule has 0 aliphatic heterocycles. The number of rotatable bonds is 3. The van der Waals surface area contributed by atoms with Crippen molar-refractivity contribution in [2.75, 3.05) is 6.61 Å². The Morgan fingerprint density at radius 1 is 1.20 bits per heavy atom. The number of carbonyl (C=O) groups excluding carboxylic acids is 1. The van der Waals surface area contributed by atoms with E-state index in [-0.39, 0.29) is 11.4 Å². The number of hydrogen-bond donors (Lipinski definition) is 0. The van der Waals surface area contributed by atoms with Crippen LogP contribution in [0.3, 0.4) is 0 Å². The van der Waals surface area contributed by atoms with Crippen molar-refractivity contribution in [1.29, 1.82) is 0 Å². The highest BCUT2D eigenvalue weighted by molar-refractivity contribution is 5.97. The number of ether oxygens (including phenoxy) is 1. The molecule has 1 saturated carbocycles. The van der Waals surface area contributed by atoms with Crippen LogP contribution in [-0.4, -0.2) is 22.4 Å². The molecule has 0 N–H and O–H groups in total. The summed E-state index contributed by atoms with van der Waals surface area (Å²) in [5.74, 6) is 0.992. The second kappa shape index (κ2) is 5.60. The van der Waals surface area contributed by atoms with E-state index in [1.54, 1.807) is 6.20 Å². The van der Waals surface area contributed by atoms with Gasteiger partial charge in [0.15, 0.2) is 11.6 Å². The standard InChI is InChI=1S/C16H22N2O2/c1-2-20-16(9-5-6-10-16)15-17-11-12-13(18-15)7-3-4-8-14(12)19/h11H,2-10H2,1H3. The fourth-order valence-electron chi connectivity index (χ4n) is 3.43. The number of aromatic nitrogens is 2. The summed E-state index contributed by atoms with van der Waals surface area (Å²) in [6, 6.07) is 0. The molecule has 1 heterocycles. The maximum Gasteiger partial charge on any atom is 0.166 e. The van der Waals surface area contributed by atoms with Crippen molar-refractivity contribution < 1.29 is 9.53 Å². The summed E-state index contributed by atoms with van der Waals surface area (Å²) in [5, 5.41) is 0. The van der Waals surface area contributed by atoms with Gasteiger partial charge in [-0.25, -0.2) is 9.97 Å². The van der Waals surface area contributed by atoms with Crippen molar-refractivity contribution in [2.45, 2.75) is 63.9 Å². The summed E-state index contributed by atoms with van der Waals surface area (Å²) in [5.41, 5.74) is 1.36. The van der Waals surface area contributed by atoms with Gasteiger partial charge in [-0.3, -0.25) is 4.79 Å². The first-order chi connectivity index (χ1) is 9.75. The molecule has 108 valence electrons. The van der Waals surface area contributed by atoms with Crippen molar-refractivity contribution in [1.82, 2.24) is 9.97 Å². The van der Waals surface area contributed by atoms with Gasteiger partial charge < -0.3 is 4.74 Å². The topological polar surface area (TPSA) is 52.1 Å². The Kier molecular flexibility index (Phi) is 3.83. The molecule has 4 heteroatoms. The summed E-state index contributed by atoms with van der Waals surface area (Å²) in [4.78, 5) is 21.3. The molecule has 1 fully saturated rings. The molecule has 0 unspecified atom stereocenters. The number of aryl methyl sites for hydroxylation is 1. The molecule has 0 saturated heterocycles. The zero-order chi connectivity index (χ0) is 14.0. The number of ketones is 1. The van der Waals surface area contributed by atoms with E-state index in [0.717, 1.165) is 49.2 Å². The van der Waals surface area contributed by atoms with Crippen molar-refractivity contribution in [3.63, 3.8) is 0 Å². The lowest BCUT2D eigenvalue weighted by Gasteiger charge is -2.27. The molecule has 0 spiro atoms. The Morgan fingerprint density at radius 2 is 1.95 bits per heavy atom. The number of Topliss-reactive ketones (excluding diaryl/α,β-unsaturated/α-hetero) is 1. The molecular weight excluding hydrogens is 252 g/mol. The van der Waals surface area contributed by atoms with Gasteiger partial charge in [-0.1, -0.05) is 0 Å². The van der Waals surface area contributed by atoms with Gasteiger partial charge in [-0.05, 0) is 51.9 Å². The molecule has 1 aromatic heterocycles. The van der Waals surface area contributed by atoms with Gasteiger partial charge in [0.1, 0.15) is 5.60 Å². The highest BCUT2D eigenvalue weighted by Crippen LogP contribution is 2.40. The summed E-state index contributed by atoms with van der Waals surface area (Å²) in [7, 11) is 0. The smallest absolute Gasteiger partial charge is 0.166 e. The molecule has 4 nitrogen and oxygen atoms in total. The van der Waals surface area contributed by atoms with Crippen LogP contribution in [0.2, 0.25) is 0 Å². The Labute approximate surface area is 120 Å². The largest absolute Gasteiger partial charge is 0.367 e. The fraction of sp³-hybridized carbons (Fsp3) is 0.688. The SMILES string of the molecule is CCOC1(c2ncc3c(n2)CCCCC3=O)CCCC1. The molecule has 2 aliphatic carbocycles. The molecule has 2 aliphatic rings. The van der Waals surface area contributed by atoms with Crippen LogP contribution in [0.5, 0.6) is 0 Å². The highest BCUT2D eigenvalue weighted by atomic mass is 16.5. The van der Waals surface area contributed by atoms with Crippen molar-refractivity contribution in [3.8, 4) is 0 Å². The lowest BCUT2D eigenvalue weighted by atomic mass is 10.00. The maximum atomic E-state index is 12.0. The van der Waals surface area contributed by atoms with Crippen molar-refractivity contribution in [2.24, 2.45) is 0 Å². The molecule has 0 aromatic carbocycles. The number of hydrogen-bond acceptors (Lipinski definition) is 4. The van der Waals surface area contributed by atoms with E-state index in [1.807, 2.05) is 6.92 Å². The van der Waals surface area contributed by atoms with Crippen LogP contribution in [0, 0.1) is 0 Å². The Morgan fingerprint density at radius 3 is 2.70 bits per heavy atom. The Bertz CT molecular complexity index is 507. The van der Waals surface area contributed by atoms with Gasteiger partial charge in [0.05, 0.1) is 11.3 Å². The minimum atomic E-state index is -0.306. The molecule has 3 rings (SSSR count). The van der Waals surface area contributed by atoms with Crippen LogP contribution in [0.4, 0.5) is 0 Å². The molecule has 0 amide bonds. The number of fused-ring (bicyclic) bond motifs is 1. The molecule has 0 bridgehead atoms. The zero-order valence-corrected chi connectivity index (χ0v) is 12.2. The molecule has 0 radical (unpaired) electrons. The second-order valence-corrected chi connectivity index (χ2v) is 5.82. The van der Waals surface area contributed by atoms with E-state index in [4.69, 9.17) is 9.72 Å². The first-order valence-corrected chi connectivity index (χ1v) is 7.79. The first-order valence-electron chi connectivity index (χ1n) is 7.79. The summed E-state index contributed by atoms with van der Waals surface area (Å²) in [6.45, 7) is 2.70. The minimum Gasteiger partial charge on any atom is -0.367 e. The van der Waals surface area contributed by atoms with Crippen LogP contribution in [-0.2, 0) is 16.8 Å². The van der Waals surface area contributed by atoms with Gasteiger partial charge >= 0.3 is 0 Å². The van der Waals surface area contributed by atoms with Gasteiger partial charge in [-0.2, -0.15) is 0 Å². The van der Waals surface area contributed by atoms with E-state index in [0.29, 0.717) is 13.0 Å². The summed E-state index contributed by atoms with van der Waals surface area (Å²) < 4.78 is 6.02. The van der Waals surface area contributed by atoms with Crippen LogP contribution in [0.1, 0.15) is 73.7 Å². The third-order valence-corrected chi connectivity index (χ3v) is 4.47. The second-order valence-electron chi connectivity index (χ2n) is 5.82. The predicted molar refractivity (Wildman–Crippen MR) is 75.7 cm³/mol. The van der Waals surface area contributed by atoms with E-state index in [9.17, 15) is 4.79 Å². The van der Waals surface area contributed by atoms with Crippen LogP contribution in [0.25, 0.3) is 0 Å². The first kappa shape index (κ1) is 13.7. The van der Waals surface area contributed by atoms with E-state index < -0.39 is 0 Å². The Balaban J connectivity index is 1.98. The quantitative estimate of drug-likeness (QED) is 0.794. The van der Waals surface area contributed by atoms with Gasteiger partial charge in [0.2, 0.25) is 0 Å². The number of carbonyl (C=O) groups is 1. The molecular formula is C16H22N2O2. The summed E-state index contributed by atoms with van der Waals surface area (Å²) >= 11 is 0. The van der Waals surface area contributed by atoms with E-state index >= 15 is 0 Å². The predicted octanol–water partition coefficient (Wildman–Crippen LogP) is 3.19. The average molecular weight is 274 g/mol. The number of nitrogens with zero attached hydrogens (tertiary/aromatic N) is 2. The van der Waals surface area contributed by atoms with Gasteiger partial charge in [0, 0.05) is 19.2 Å². The third kappa shape index (κ3) is 2.37. The Hall–Kier alpha value is -1.29. The van der Waals surface area contributed by atoms with Crippen LogP contribution in [0.15, 0.2) is 6.20 Å².